The highest BCUT2D eigenvalue weighted by Gasteiger charge is 2.55. The molecule has 2 aromatic rings. The molecule has 3 amide bonds. The van der Waals surface area contributed by atoms with Crippen molar-refractivity contribution in [2.75, 3.05) is 18.5 Å². The van der Waals surface area contributed by atoms with Gasteiger partial charge in [0.2, 0.25) is 5.96 Å². The molecule has 0 aliphatic carbocycles. The number of carbonyl (C=O) groups excluding carboxylic acids is 3. The van der Waals surface area contributed by atoms with Crippen molar-refractivity contribution in [1.29, 1.82) is 0 Å². The smallest absolute Gasteiger partial charge is 0.302 e. The lowest BCUT2D eigenvalue weighted by Crippen LogP contribution is -2.64. The minimum Gasteiger partial charge on any atom is -0.302 e. The average molecular weight is 433 g/mol. The van der Waals surface area contributed by atoms with Gasteiger partial charge in [0.15, 0.2) is 12.2 Å². The van der Waals surface area contributed by atoms with Crippen LogP contribution in [0, 0.1) is 5.82 Å². The predicted octanol–water partition coefficient (Wildman–Crippen LogP) is 2.49. The molecule has 162 valence electrons. The van der Waals surface area contributed by atoms with Gasteiger partial charge < -0.3 is 4.90 Å². The van der Waals surface area contributed by atoms with Gasteiger partial charge in [0, 0.05) is 24.5 Å². The average Bonchev–Trinajstić information content (AvgIpc) is 3.33. The first kappa shape index (κ1) is 19.9. The highest BCUT2D eigenvalue weighted by Crippen LogP contribution is 2.39. The summed E-state index contributed by atoms with van der Waals surface area (Å²) in [6, 6.07) is 14.2. The number of anilines is 1. The van der Waals surface area contributed by atoms with E-state index >= 15 is 0 Å². The Hall–Kier alpha value is -4.01. The van der Waals surface area contributed by atoms with E-state index in [1.54, 1.807) is 24.1 Å². The van der Waals surface area contributed by atoms with Gasteiger partial charge in [0.1, 0.15) is 11.6 Å². The Morgan fingerprint density at radius 2 is 1.75 bits per heavy atom. The molecular formula is C23H20FN5O3. The SMILES string of the molecule is CC(=O)CN1C(=O)C2C(N=C3N(c4ccc(F)cc4)C(c4ccccc4)=CN32)N(C)C1=O. The molecule has 0 saturated carbocycles. The lowest BCUT2D eigenvalue weighted by molar-refractivity contribution is -0.139. The van der Waals surface area contributed by atoms with Crippen molar-refractivity contribution in [2.24, 2.45) is 4.99 Å². The zero-order valence-corrected chi connectivity index (χ0v) is 17.5. The number of hydrogen-bond acceptors (Lipinski definition) is 6. The largest absolute Gasteiger partial charge is 0.328 e. The number of carbonyl (C=O) groups is 3. The zero-order valence-electron chi connectivity index (χ0n) is 17.5. The Kier molecular flexibility index (Phi) is 4.54. The molecule has 1 fully saturated rings. The van der Waals surface area contributed by atoms with Crippen LogP contribution in [0.5, 0.6) is 0 Å². The minimum absolute atomic E-state index is 0.285. The molecule has 3 aliphatic heterocycles. The summed E-state index contributed by atoms with van der Waals surface area (Å²) in [5, 5.41) is 0. The van der Waals surface area contributed by atoms with Crippen molar-refractivity contribution in [1.82, 2.24) is 14.7 Å². The Balaban J connectivity index is 1.61. The quantitative estimate of drug-likeness (QED) is 0.741. The fourth-order valence-corrected chi connectivity index (χ4v) is 4.26. The standard InChI is InChI=1S/C23H20FN5O3/c1-14(30)12-28-21(31)19-20(26(2)23(28)32)25-22-27(19)13-18(15-6-4-3-5-7-15)29(22)17-10-8-16(24)9-11-17/h3-11,13,19-20H,12H2,1-2H3. The molecular weight excluding hydrogens is 413 g/mol. The van der Waals surface area contributed by atoms with E-state index in [1.807, 2.05) is 41.4 Å². The van der Waals surface area contributed by atoms with Crippen LogP contribution in [-0.4, -0.2) is 64.2 Å². The highest BCUT2D eigenvalue weighted by molar-refractivity contribution is 6.16. The second kappa shape index (κ2) is 7.30. The fraction of sp³-hybridized carbons (Fsp3) is 0.217. The van der Waals surface area contributed by atoms with Crippen LogP contribution in [0.4, 0.5) is 14.9 Å². The van der Waals surface area contributed by atoms with Gasteiger partial charge in [-0.2, -0.15) is 0 Å². The number of fused-ring (bicyclic) bond motifs is 3. The summed E-state index contributed by atoms with van der Waals surface area (Å²) in [5.41, 5.74) is 2.32. The van der Waals surface area contributed by atoms with Crippen LogP contribution >= 0.6 is 0 Å². The molecule has 32 heavy (non-hydrogen) atoms. The number of urea groups is 1. The molecule has 0 bridgehead atoms. The lowest BCUT2D eigenvalue weighted by atomic mass is 10.1. The van der Waals surface area contributed by atoms with Gasteiger partial charge in [0.05, 0.1) is 12.2 Å². The van der Waals surface area contributed by atoms with Crippen LogP contribution in [0.15, 0.2) is 65.8 Å². The molecule has 3 heterocycles. The summed E-state index contributed by atoms with van der Waals surface area (Å²) in [6.45, 7) is 1.05. The van der Waals surface area contributed by atoms with Crippen LogP contribution in [0.25, 0.3) is 5.70 Å². The number of rotatable bonds is 4. The van der Waals surface area contributed by atoms with Crippen LogP contribution < -0.4 is 4.90 Å². The molecule has 5 rings (SSSR count). The van der Waals surface area contributed by atoms with E-state index in [0.29, 0.717) is 11.6 Å². The van der Waals surface area contributed by atoms with E-state index in [9.17, 15) is 18.8 Å². The second-order valence-electron chi connectivity index (χ2n) is 7.91. The van der Waals surface area contributed by atoms with Crippen molar-refractivity contribution in [3.63, 3.8) is 0 Å². The van der Waals surface area contributed by atoms with E-state index in [1.165, 1.54) is 24.0 Å². The predicted molar refractivity (Wildman–Crippen MR) is 116 cm³/mol. The number of hydrogen-bond donors (Lipinski definition) is 0. The van der Waals surface area contributed by atoms with E-state index in [2.05, 4.69) is 0 Å². The van der Waals surface area contributed by atoms with Gasteiger partial charge in [-0.05, 0) is 31.2 Å². The minimum atomic E-state index is -0.795. The third-order valence-electron chi connectivity index (χ3n) is 5.75. The monoisotopic (exact) mass is 433 g/mol. The lowest BCUT2D eigenvalue weighted by Gasteiger charge is -2.39. The van der Waals surface area contributed by atoms with Crippen molar-refractivity contribution in [2.45, 2.75) is 19.1 Å². The normalized spacial score (nSPS) is 22.1. The summed E-state index contributed by atoms with van der Waals surface area (Å²) in [5.74, 6) is -0.662. The topological polar surface area (TPSA) is 76.5 Å². The third kappa shape index (κ3) is 2.96. The molecule has 0 spiro atoms. The number of halogens is 1. The van der Waals surface area contributed by atoms with Gasteiger partial charge in [-0.15, -0.1) is 0 Å². The maximum Gasteiger partial charge on any atom is 0.328 e. The number of nitrogens with zero attached hydrogens (tertiary/aromatic N) is 5. The van der Waals surface area contributed by atoms with Gasteiger partial charge in [-0.25, -0.2) is 14.2 Å². The van der Waals surface area contributed by atoms with Crippen molar-refractivity contribution in [3.8, 4) is 0 Å². The Morgan fingerprint density at radius 1 is 1.06 bits per heavy atom. The number of aliphatic imine (C=N–C) groups is 1. The molecule has 2 aromatic carbocycles. The summed E-state index contributed by atoms with van der Waals surface area (Å²) in [7, 11) is 1.57. The van der Waals surface area contributed by atoms with Crippen molar-refractivity contribution < 1.29 is 18.8 Å². The van der Waals surface area contributed by atoms with E-state index < -0.39 is 24.1 Å². The summed E-state index contributed by atoms with van der Waals surface area (Å²) in [6.07, 6.45) is 1.08. The van der Waals surface area contributed by atoms with Crippen LogP contribution in [0.2, 0.25) is 0 Å². The third-order valence-corrected chi connectivity index (χ3v) is 5.75. The maximum absolute atomic E-state index is 13.6. The Morgan fingerprint density at radius 3 is 2.41 bits per heavy atom. The Bertz CT molecular complexity index is 1180. The van der Waals surface area contributed by atoms with Gasteiger partial charge in [0.25, 0.3) is 5.91 Å². The second-order valence-corrected chi connectivity index (χ2v) is 7.91. The molecule has 3 aliphatic rings. The summed E-state index contributed by atoms with van der Waals surface area (Å²) < 4.78 is 13.6. The van der Waals surface area contributed by atoms with Crippen molar-refractivity contribution in [3.05, 3.63) is 72.2 Å². The van der Waals surface area contributed by atoms with Crippen LogP contribution in [0.3, 0.4) is 0 Å². The molecule has 8 nitrogen and oxygen atoms in total. The number of amides is 3. The highest BCUT2D eigenvalue weighted by atomic mass is 19.1. The Labute approximate surface area is 183 Å². The van der Waals surface area contributed by atoms with E-state index in [0.717, 1.165) is 16.2 Å². The van der Waals surface area contributed by atoms with Gasteiger partial charge in [-0.3, -0.25) is 24.3 Å². The summed E-state index contributed by atoms with van der Waals surface area (Å²) in [4.78, 5) is 48.3. The first-order valence-corrected chi connectivity index (χ1v) is 10.1. The number of ketones is 1. The number of Topliss-reactive ketones (excluding diaryl/α,β-unsaturated/α-hetero) is 1. The molecule has 0 aromatic heterocycles. The van der Waals surface area contributed by atoms with Crippen LogP contribution in [0.1, 0.15) is 12.5 Å². The molecule has 0 N–H and O–H groups in total. The van der Waals surface area contributed by atoms with E-state index in [-0.39, 0.29) is 18.1 Å². The van der Waals surface area contributed by atoms with Crippen LogP contribution in [-0.2, 0) is 9.59 Å². The van der Waals surface area contributed by atoms with Crippen molar-refractivity contribution >= 4 is 35.1 Å². The number of imide groups is 1. The number of guanidine groups is 1. The van der Waals surface area contributed by atoms with E-state index in [4.69, 9.17) is 4.99 Å². The molecule has 9 heteroatoms. The first-order valence-electron chi connectivity index (χ1n) is 10.1. The number of benzene rings is 2. The molecule has 0 radical (unpaired) electrons. The van der Waals surface area contributed by atoms with Gasteiger partial charge in [-0.1, -0.05) is 30.3 Å². The zero-order chi connectivity index (χ0) is 22.6. The fourth-order valence-electron chi connectivity index (χ4n) is 4.26. The molecule has 1 saturated heterocycles. The maximum atomic E-state index is 13.6. The molecule has 2 unspecified atom stereocenters. The number of likely N-dealkylation sites (N-methyl/N-ethyl adjacent to an activating group) is 1. The molecule has 2 atom stereocenters. The van der Waals surface area contributed by atoms with Gasteiger partial charge >= 0.3 is 6.03 Å². The first-order chi connectivity index (χ1) is 15.4. The summed E-state index contributed by atoms with van der Waals surface area (Å²) >= 11 is 0.